The molecule has 2 aromatic carbocycles. The van der Waals surface area contributed by atoms with Crippen molar-refractivity contribution in [2.24, 2.45) is 0 Å². The van der Waals surface area contributed by atoms with Gasteiger partial charge in [-0.1, -0.05) is 12.8 Å². The largest absolute Gasteiger partial charge is 2.00 e. The van der Waals surface area contributed by atoms with Gasteiger partial charge in [-0.15, -0.1) is 32.7 Å². The van der Waals surface area contributed by atoms with Gasteiger partial charge >= 0.3 is 45.1 Å². The van der Waals surface area contributed by atoms with Gasteiger partial charge in [0.25, 0.3) is 0 Å². The molecule has 0 fully saturated rings. The summed E-state index contributed by atoms with van der Waals surface area (Å²) in [7, 11) is -4.31. The van der Waals surface area contributed by atoms with Crippen molar-refractivity contribution in [3.05, 3.63) is 59.7 Å². The van der Waals surface area contributed by atoms with E-state index in [9.17, 15) is 18.0 Å². The maximum atomic E-state index is 11.9. The smallest absolute Gasteiger partial charge is 0.542 e. The van der Waals surface area contributed by atoms with Crippen molar-refractivity contribution in [3.63, 3.8) is 0 Å². The van der Waals surface area contributed by atoms with Crippen molar-refractivity contribution >= 4 is 23.0 Å². The van der Waals surface area contributed by atoms with E-state index >= 15 is 0 Å². The molecule has 9 heteroatoms. The van der Waals surface area contributed by atoms with Gasteiger partial charge in [0.1, 0.15) is 0 Å². The molecule has 0 saturated heterocycles. The molecule has 0 aromatic heterocycles. The Bertz CT molecular complexity index is 741. The van der Waals surface area contributed by atoms with Gasteiger partial charge in [0.05, 0.1) is 0 Å². The van der Waals surface area contributed by atoms with Crippen LogP contribution in [-0.4, -0.2) is 21.0 Å². The zero-order valence-electron chi connectivity index (χ0n) is 14.0. The van der Waals surface area contributed by atoms with Crippen molar-refractivity contribution in [2.75, 3.05) is 0 Å². The second-order valence-corrected chi connectivity index (χ2v) is 6.11. The molecule has 0 aliphatic heterocycles. The van der Waals surface area contributed by atoms with Crippen LogP contribution in [0.3, 0.4) is 0 Å². The average molecular weight is 462 g/mol. The third kappa shape index (κ3) is 9.24. The molecule has 0 spiro atoms. The van der Waals surface area contributed by atoms with E-state index in [1.54, 1.807) is 24.7 Å². The predicted octanol–water partition coefficient (Wildman–Crippen LogP) is 2.07. The zero-order valence-corrected chi connectivity index (χ0v) is 17.3. The van der Waals surface area contributed by atoms with E-state index in [1.807, 2.05) is 0 Å². The molecule has 0 bridgehead atoms. The van der Waals surface area contributed by atoms with Gasteiger partial charge in [-0.3, -0.25) is 12.6 Å². The number of carbonyl (C=O) groups excluding carboxylic acids is 2. The molecule has 0 atom stereocenters. The number of hydrogen-bond donors (Lipinski definition) is 0. The Labute approximate surface area is 180 Å². The molecule has 0 heterocycles. The Kier molecular flexibility index (Phi) is 12.0. The van der Waals surface area contributed by atoms with Crippen molar-refractivity contribution in [1.82, 2.24) is 0 Å². The second kappa shape index (κ2) is 12.7. The van der Waals surface area contributed by atoms with E-state index in [0.717, 1.165) is 11.1 Å². The standard InChI is InChI=1S/C18H14O6S.2Cr/c19-13-1-3-15-5-9-17(10-6-15)23-25(21,22)24-18-11-7-16(8-12-18)4-2-14-20;;/h5,7,9-12H,1-4H2;;/q-4;2*+2. The van der Waals surface area contributed by atoms with Crippen LogP contribution in [0.5, 0.6) is 11.5 Å². The summed E-state index contributed by atoms with van der Waals surface area (Å²) in [6.07, 6.45) is 4.97. The molecule has 2 rings (SSSR count). The van der Waals surface area contributed by atoms with Gasteiger partial charge in [-0.05, 0) is 0 Å². The monoisotopic (exact) mass is 462 g/mol. The second-order valence-electron chi connectivity index (χ2n) is 4.96. The van der Waals surface area contributed by atoms with E-state index in [1.165, 1.54) is 24.3 Å². The Balaban J connectivity index is 0.00000338. The molecule has 2 aromatic rings. The third-order valence-corrected chi connectivity index (χ3v) is 3.88. The molecule has 27 heavy (non-hydrogen) atoms. The molecule has 6 nitrogen and oxygen atoms in total. The van der Waals surface area contributed by atoms with Crippen LogP contribution >= 0.6 is 0 Å². The van der Waals surface area contributed by atoms with Gasteiger partial charge < -0.3 is 18.0 Å². The van der Waals surface area contributed by atoms with Crippen molar-refractivity contribution < 1.29 is 61.1 Å². The Morgan fingerprint density at radius 3 is 1.48 bits per heavy atom. The molecule has 140 valence electrons. The fourth-order valence-electron chi connectivity index (χ4n) is 1.92. The SMILES string of the molecule is O=[C-]CCc1[c-]cc(OS(=O)(=O)Oc2c[c-]c(CC[C-]=O)cc2)cc1.[Cr+2].[Cr+2]. The quantitative estimate of drug-likeness (QED) is 0.503. The first-order valence-corrected chi connectivity index (χ1v) is 8.71. The molecule has 0 amide bonds. The molecule has 0 unspecified atom stereocenters. The summed E-state index contributed by atoms with van der Waals surface area (Å²) in [5.41, 5.74) is 1.48. The number of aryl methyl sites for hydroxylation is 2. The molecule has 0 saturated carbocycles. The van der Waals surface area contributed by atoms with E-state index in [0.29, 0.717) is 12.8 Å². The van der Waals surface area contributed by atoms with E-state index < -0.39 is 10.4 Å². The average Bonchev–Trinajstić information content (AvgIpc) is 2.60. The summed E-state index contributed by atoms with van der Waals surface area (Å²) in [4.78, 5) is 20.4. The van der Waals surface area contributed by atoms with Crippen molar-refractivity contribution in [1.29, 1.82) is 0 Å². The molecule has 0 radical (unpaired) electrons. The summed E-state index contributed by atoms with van der Waals surface area (Å²) >= 11 is 0. The van der Waals surface area contributed by atoms with Crippen molar-refractivity contribution in [3.8, 4) is 11.5 Å². The van der Waals surface area contributed by atoms with Gasteiger partial charge in [-0.25, -0.2) is 0 Å². The number of rotatable bonds is 10. The summed E-state index contributed by atoms with van der Waals surface area (Å²) in [5, 5.41) is 0. The number of benzene rings is 2. The van der Waals surface area contributed by atoms with Gasteiger partial charge in [0.15, 0.2) is 0 Å². The molecule has 0 aliphatic rings. The summed E-state index contributed by atoms with van der Waals surface area (Å²) in [6.45, 7) is 0. The molecule has 0 aliphatic carbocycles. The Morgan fingerprint density at radius 2 is 1.19 bits per heavy atom. The van der Waals surface area contributed by atoms with Gasteiger partial charge in [0.2, 0.25) is 0 Å². The van der Waals surface area contributed by atoms with E-state index in [-0.39, 0.29) is 59.1 Å². The number of hydrogen-bond acceptors (Lipinski definition) is 6. The van der Waals surface area contributed by atoms with Crippen LogP contribution in [0.2, 0.25) is 0 Å². The minimum Gasteiger partial charge on any atom is -0.542 e. The van der Waals surface area contributed by atoms with Crippen LogP contribution in [0.15, 0.2) is 36.4 Å². The first kappa shape index (κ1) is 25.4. The fraction of sp³-hybridized carbons (Fsp3) is 0.222. The predicted molar refractivity (Wildman–Crippen MR) is 88.8 cm³/mol. The maximum absolute atomic E-state index is 11.9. The molecule has 0 N–H and O–H groups in total. The molecular weight excluding hydrogens is 448 g/mol. The third-order valence-electron chi connectivity index (χ3n) is 3.09. The Hall–Kier alpha value is -1.61. The molecular formula is C18H14Cr2O6S. The van der Waals surface area contributed by atoms with E-state index in [2.05, 4.69) is 12.1 Å². The van der Waals surface area contributed by atoms with Crippen LogP contribution in [-0.2, 0) is 67.6 Å². The summed E-state index contributed by atoms with van der Waals surface area (Å²) < 4.78 is 33.5. The van der Waals surface area contributed by atoms with Crippen LogP contribution in [0.4, 0.5) is 0 Å². The first-order valence-electron chi connectivity index (χ1n) is 7.37. The maximum Gasteiger partial charge on any atom is 2.00 e. The van der Waals surface area contributed by atoms with E-state index in [4.69, 9.17) is 8.37 Å². The van der Waals surface area contributed by atoms with Crippen LogP contribution < -0.4 is 8.37 Å². The summed E-state index contributed by atoms with van der Waals surface area (Å²) in [6, 6.07) is 14.5. The zero-order chi connectivity index (χ0) is 18.1. The Morgan fingerprint density at radius 1 is 0.778 bits per heavy atom. The minimum atomic E-state index is -4.31. The van der Waals surface area contributed by atoms with Crippen LogP contribution in [0.1, 0.15) is 24.0 Å². The van der Waals surface area contributed by atoms with Gasteiger partial charge in [-0.2, -0.15) is 48.2 Å². The van der Waals surface area contributed by atoms with Crippen LogP contribution in [0, 0.1) is 12.1 Å². The summed E-state index contributed by atoms with van der Waals surface area (Å²) in [5.74, 6) is 0.0851. The topological polar surface area (TPSA) is 86.7 Å². The fourth-order valence-corrected chi connectivity index (χ4v) is 2.64. The van der Waals surface area contributed by atoms with Gasteiger partial charge in [0, 0.05) is 11.5 Å². The van der Waals surface area contributed by atoms with Crippen molar-refractivity contribution in [2.45, 2.75) is 25.7 Å². The first-order chi connectivity index (χ1) is 12.0. The minimum absolute atomic E-state index is 0. The van der Waals surface area contributed by atoms with Crippen LogP contribution in [0.25, 0.3) is 0 Å². The normalized spacial score (nSPS) is 10.1.